The van der Waals surface area contributed by atoms with Gasteiger partial charge in [-0.3, -0.25) is 14.4 Å². The average Bonchev–Trinajstić information content (AvgIpc) is 3.15. The predicted molar refractivity (Wildman–Crippen MR) is 195 cm³/mol. The fourth-order valence-electron chi connectivity index (χ4n) is 7.11. The van der Waals surface area contributed by atoms with Crippen LogP contribution in [0.25, 0.3) is 43.7 Å². The van der Waals surface area contributed by atoms with Crippen LogP contribution in [0, 0.1) is 0 Å². The van der Waals surface area contributed by atoms with Gasteiger partial charge in [0, 0.05) is 55.2 Å². The Bertz CT molecular complexity index is 2600. The maximum Gasteiger partial charge on any atom is 0.196 e. The highest BCUT2D eigenvalue weighted by Crippen LogP contribution is 2.45. The highest BCUT2D eigenvalue weighted by atomic mass is 16.1. The number of pyridine rings is 1. The number of para-hydroxylation sites is 2. The van der Waals surface area contributed by atoms with Crippen molar-refractivity contribution in [1.82, 2.24) is 4.98 Å². The standard InChI is InChI=1S/C31H17NO3.C13H9N/c33-29-19-9-2-1-8-18(19)27-25(16-15-17-7-5-12-22(29)26(17)27)32-24-14-6-13-23-28(24)31(35)21-11-4-3-10-20(21)30(23)34;1-3-7-12-10(5-1)9-11-6-2-4-8-13(11)14-12/h1-16,32H;1-9H. The number of anilines is 2. The zero-order valence-corrected chi connectivity index (χ0v) is 26.1. The molecule has 0 saturated carbocycles. The fraction of sp³-hybridized carbons (Fsp3) is 0. The second-order valence-corrected chi connectivity index (χ2v) is 12.2. The first kappa shape index (κ1) is 28.5. The Morgan fingerprint density at radius 2 is 0.857 bits per heavy atom. The minimum atomic E-state index is -0.177. The van der Waals surface area contributed by atoms with E-state index in [1.165, 1.54) is 10.8 Å². The molecule has 0 spiro atoms. The number of hydrogen-bond donors (Lipinski definition) is 1. The van der Waals surface area contributed by atoms with Crippen LogP contribution < -0.4 is 5.32 Å². The normalized spacial score (nSPS) is 12.6. The molecule has 8 aromatic rings. The molecule has 2 aliphatic carbocycles. The molecule has 1 aromatic heterocycles. The van der Waals surface area contributed by atoms with Crippen LogP contribution in [-0.4, -0.2) is 22.3 Å². The fourth-order valence-corrected chi connectivity index (χ4v) is 7.11. The van der Waals surface area contributed by atoms with E-state index in [0.717, 1.165) is 38.6 Å². The molecule has 0 aliphatic heterocycles. The van der Waals surface area contributed by atoms with Crippen molar-refractivity contribution < 1.29 is 14.4 Å². The molecule has 5 heteroatoms. The molecule has 0 atom stereocenters. The van der Waals surface area contributed by atoms with Crippen molar-refractivity contribution in [3.05, 3.63) is 185 Å². The molecule has 49 heavy (non-hydrogen) atoms. The molecular weight excluding hydrogens is 604 g/mol. The van der Waals surface area contributed by atoms with E-state index in [-0.39, 0.29) is 17.3 Å². The lowest BCUT2D eigenvalue weighted by Gasteiger charge is -2.25. The molecule has 0 saturated heterocycles. The zero-order chi connectivity index (χ0) is 33.1. The van der Waals surface area contributed by atoms with Gasteiger partial charge in [-0.2, -0.15) is 0 Å². The van der Waals surface area contributed by atoms with E-state index in [9.17, 15) is 14.4 Å². The van der Waals surface area contributed by atoms with Crippen LogP contribution in [0.15, 0.2) is 152 Å². The van der Waals surface area contributed by atoms with Crippen molar-refractivity contribution in [3.8, 4) is 11.1 Å². The Kier molecular flexibility index (Phi) is 6.52. The molecule has 10 rings (SSSR count). The Labute approximate surface area is 281 Å². The zero-order valence-electron chi connectivity index (χ0n) is 26.1. The summed E-state index contributed by atoms with van der Waals surface area (Å²) in [6, 6.07) is 48.1. The van der Waals surface area contributed by atoms with E-state index >= 15 is 0 Å². The van der Waals surface area contributed by atoms with E-state index in [1.54, 1.807) is 36.4 Å². The summed E-state index contributed by atoms with van der Waals surface area (Å²) in [6.07, 6.45) is 0. The Hall–Kier alpha value is -6.72. The van der Waals surface area contributed by atoms with Gasteiger partial charge in [-0.1, -0.05) is 121 Å². The number of carbonyl (C=O) groups is 3. The molecule has 0 unspecified atom stereocenters. The molecule has 0 bridgehead atoms. The summed E-state index contributed by atoms with van der Waals surface area (Å²) in [5.74, 6) is -0.328. The smallest absolute Gasteiger partial charge is 0.196 e. The molecule has 7 aromatic carbocycles. The maximum absolute atomic E-state index is 13.5. The molecule has 0 fully saturated rings. The molecule has 2 aliphatic rings. The van der Waals surface area contributed by atoms with Gasteiger partial charge in [0.05, 0.1) is 22.3 Å². The lowest BCUT2D eigenvalue weighted by molar-refractivity contribution is 0.0979. The number of rotatable bonds is 2. The molecular formula is C44H26N2O3. The summed E-state index contributed by atoms with van der Waals surface area (Å²) in [5, 5.41) is 7.72. The number of benzene rings is 7. The summed E-state index contributed by atoms with van der Waals surface area (Å²) in [5.41, 5.74) is 8.15. The number of carbonyl (C=O) groups excluding carboxylic acids is 3. The molecule has 230 valence electrons. The van der Waals surface area contributed by atoms with Crippen LogP contribution >= 0.6 is 0 Å². The number of fused-ring (bicyclic) bond motifs is 6. The average molecular weight is 631 g/mol. The summed E-state index contributed by atoms with van der Waals surface area (Å²) in [7, 11) is 0. The van der Waals surface area contributed by atoms with Gasteiger partial charge < -0.3 is 5.32 Å². The SMILES string of the molecule is O=C1c2ccccc2C(=O)c2c(Nc3ccc4cccc5c4c3-c3ccccc3C5=O)cccc21.c1ccc2nc3ccccc3cc2c1. The Balaban J connectivity index is 0.000000193. The van der Waals surface area contributed by atoms with Gasteiger partial charge in [-0.05, 0) is 41.3 Å². The summed E-state index contributed by atoms with van der Waals surface area (Å²) >= 11 is 0. The third kappa shape index (κ3) is 4.55. The topological polar surface area (TPSA) is 76.1 Å². The second kappa shape index (κ2) is 11.2. The molecule has 0 radical (unpaired) electrons. The van der Waals surface area contributed by atoms with Crippen molar-refractivity contribution in [1.29, 1.82) is 0 Å². The Morgan fingerprint density at radius 1 is 0.367 bits per heavy atom. The first-order chi connectivity index (χ1) is 24.1. The molecule has 0 amide bonds. The number of hydrogen-bond acceptors (Lipinski definition) is 5. The van der Waals surface area contributed by atoms with E-state index in [0.29, 0.717) is 39.1 Å². The highest BCUT2D eigenvalue weighted by Gasteiger charge is 2.32. The molecule has 5 nitrogen and oxygen atoms in total. The monoisotopic (exact) mass is 630 g/mol. The van der Waals surface area contributed by atoms with Gasteiger partial charge in [0.2, 0.25) is 0 Å². The minimum Gasteiger partial charge on any atom is -0.354 e. The van der Waals surface area contributed by atoms with E-state index < -0.39 is 0 Å². The van der Waals surface area contributed by atoms with Crippen LogP contribution in [0.2, 0.25) is 0 Å². The summed E-state index contributed by atoms with van der Waals surface area (Å²) in [6.45, 7) is 0. The summed E-state index contributed by atoms with van der Waals surface area (Å²) < 4.78 is 0. The van der Waals surface area contributed by atoms with Crippen molar-refractivity contribution in [3.63, 3.8) is 0 Å². The van der Waals surface area contributed by atoms with Gasteiger partial charge in [-0.25, -0.2) is 4.98 Å². The number of nitrogens with zero attached hydrogens (tertiary/aromatic N) is 1. The number of nitrogens with one attached hydrogen (secondary N) is 1. The number of ketones is 3. The maximum atomic E-state index is 13.5. The third-order valence-electron chi connectivity index (χ3n) is 9.38. The highest BCUT2D eigenvalue weighted by molar-refractivity contribution is 6.31. The van der Waals surface area contributed by atoms with E-state index in [4.69, 9.17) is 0 Å². The third-order valence-corrected chi connectivity index (χ3v) is 9.38. The van der Waals surface area contributed by atoms with Gasteiger partial charge in [-0.15, -0.1) is 0 Å². The van der Waals surface area contributed by atoms with Crippen LogP contribution in [-0.2, 0) is 0 Å². The largest absolute Gasteiger partial charge is 0.354 e. The predicted octanol–water partition coefficient (Wildman–Crippen LogP) is 9.96. The van der Waals surface area contributed by atoms with Crippen molar-refractivity contribution in [2.45, 2.75) is 0 Å². The van der Waals surface area contributed by atoms with Crippen LogP contribution in [0.4, 0.5) is 11.4 Å². The quantitative estimate of drug-likeness (QED) is 0.192. The molecule has 1 N–H and O–H groups in total. The van der Waals surface area contributed by atoms with Gasteiger partial charge in [0.15, 0.2) is 17.3 Å². The van der Waals surface area contributed by atoms with Crippen LogP contribution in [0.1, 0.15) is 47.8 Å². The summed E-state index contributed by atoms with van der Waals surface area (Å²) in [4.78, 5) is 44.5. The van der Waals surface area contributed by atoms with Gasteiger partial charge in [0.1, 0.15) is 0 Å². The van der Waals surface area contributed by atoms with Crippen molar-refractivity contribution >= 4 is 61.3 Å². The Morgan fingerprint density at radius 3 is 1.57 bits per heavy atom. The lowest BCUT2D eigenvalue weighted by atomic mass is 9.81. The second-order valence-electron chi connectivity index (χ2n) is 12.2. The van der Waals surface area contributed by atoms with Crippen molar-refractivity contribution in [2.75, 3.05) is 5.32 Å². The molecule has 1 heterocycles. The minimum absolute atomic E-state index is 0.00493. The van der Waals surface area contributed by atoms with Crippen LogP contribution in [0.5, 0.6) is 0 Å². The van der Waals surface area contributed by atoms with Crippen molar-refractivity contribution in [2.24, 2.45) is 0 Å². The first-order valence-electron chi connectivity index (χ1n) is 16.1. The van der Waals surface area contributed by atoms with E-state index in [2.05, 4.69) is 28.5 Å². The first-order valence-corrected chi connectivity index (χ1v) is 16.1. The number of aromatic nitrogens is 1. The lowest BCUT2D eigenvalue weighted by Crippen LogP contribution is -2.22. The van der Waals surface area contributed by atoms with Crippen LogP contribution in [0.3, 0.4) is 0 Å². The van der Waals surface area contributed by atoms with Gasteiger partial charge >= 0.3 is 0 Å². The van der Waals surface area contributed by atoms with Gasteiger partial charge in [0.25, 0.3) is 0 Å². The van der Waals surface area contributed by atoms with E-state index in [1.807, 2.05) is 97.1 Å².